The molecule has 2 N–H and O–H groups in total. The van der Waals surface area contributed by atoms with Gasteiger partial charge in [-0.15, -0.1) is 0 Å². The zero-order valence-corrected chi connectivity index (χ0v) is 10.1. The second-order valence-electron chi connectivity index (χ2n) is 3.72. The van der Waals surface area contributed by atoms with Crippen molar-refractivity contribution in [3.05, 3.63) is 34.6 Å². The molecule has 0 unspecified atom stereocenters. The van der Waals surface area contributed by atoms with Gasteiger partial charge >= 0.3 is 0 Å². The maximum Gasteiger partial charge on any atom is 0.176 e. The first-order valence-corrected chi connectivity index (χ1v) is 5.71. The minimum absolute atomic E-state index is 0.224. The van der Waals surface area contributed by atoms with Crippen molar-refractivity contribution in [2.75, 3.05) is 5.73 Å². The highest BCUT2D eigenvalue weighted by molar-refractivity contribution is 6.33. The zero-order valence-electron chi connectivity index (χ0n) is 9.34. The average molecular weight is 255 g/mol. The molecule has 1 heterocycles. The van der Waals surface area contributed by atoms with E-state index >= 15 is 0 Å². The summed E-state index contributed by atoms with van der Waals surface area (Å²) in [5, 5.41) is 3.96. The van der Waals surface area contributed by atoms with E-state index in [1.54, 1.807) is 12.1 Å². The van der Waals surface area contributed by atoms with Crippen molar-refractivity contribution in [3.63, 3.8) is 0 Å². The summed E-state index contributed by atoms with van der Waals surface area (Å²) >= 11 is 5.98. The van der Waals surface area contributed by atoms with Crippen molar-refractivity contribution in [2.45, 2.75) is 19.8 Å². The number of hydrogen-bond donors (Lipinski definition) is 1. The van der Waals surface area contributed by atoms with Gasteiger partial charge in [-0.05, 0) is 18.6 Å². The van der Waals surface area contributed by atoms with Crippen LogP contribution in [0.4, 0.5) is 10.2 Å². The van der Waals surface area contributed by atoms with Gasteiger partial charge in [-0.2, -0.15) is 0 Å². The number of hydrogen-bond acceptors (Lipinski definition) is 3. The molecule has 2 rings (SSSR count). The summed E-state index contributed by atoms with van der Waals surface area (Å²) in [6, 6.07) is 4.48. The monoisotopic (exact) mass is 254 g/mol. The summed E-state index contributed by atoms with van der Waals surface area (Å²) < 4.78 is 18.8. The number of benzene rings is 1. The fourth-order valence-corrected chi connectivity index (χ4v) is 1.97. The van der Waals surface area contributed by atoms with Crippen LogP contribution in [0.15, 0.2) is 22.7 Å². The van der Waals surface area contributed by atoms with Crippen LogP contribution in [0.3, 0.4) is 0 Å². The van der Waals surface area contributed by atoms with Crippen LogP contribution in [-0.4, -0.2) is 5.16 Å². The van der Waals surface area contributed by atoms with Crippen molar-refractivity contribution in [1.29, 1.82) is 0 Å². The standard InChI is InChI=1S/C12H12ClFN2O/c1-2-4-7-11(17-16-12(7)15)10-8(13)5-3-6-9(10)14/h3,5-6H,2,4H2,1H3,(H2,15,16). The third-order valence-electron chi connectivity index (χ3n) is 2.51. The molecule has 17 heavy (non-hydrogen) atoms. The Kier molecular flexibility index (Phi) is 3.33. The van der Waals surface area contributed by atoms with Gasteiger partial charge < -0.3 is 10.3 Å². The van der Waals surface area contributed by atoms with E-state index in [-0.39, 0.29) is 5.56 Å². The third kappa shape index (κ3) is 2.13. The number of nitrogens with two attached hydrogens (primary N) is 1. The molecular weight excluding hydrogens is 243 g/mol. The molecule has 0 fully saturated rings. The SMILES string of the molecule is CCCc1c(N)noc1-c1c(F)cccc1Cl. The summed E-state index contributed by atoms with van der Waals surface area (Å²) in [5.41, 5.74) is 6.63. The van der Waals surface area contributed by atoms with Crippen molar-refractivity contribution < 1.29 is 8.91 Å². The molecule has 0 aliphatic rings. The topological polar surface area (TPSA) is 52.0 Å². The van der Waals surface area contributed by atoms with Gasteiger partial charge in [0.25, 0.3) is 0 Å². The van der Waals surface area contributed by atoms with Gasteiger partial charge in [0.1, 0.15) is 5.82 Å². The van der Waals surface area contributed by atoms with Crippen LogP contribution in [0.5, 0.6) is 0 Å². The van der Waals surface area contributed by atoms with Gasteiger partial charge in [0.2, 0.25) is 0 Å². The number of aromatic nitrogens is 1. The maximum absolute atomic E-state index is 13.8. The lowest BCUT2D eigenvalue weighted by Crippen LogP contribution is -1.94. The Balaban J connectivity index is 2.60. The Hall–Kier alpha value is -1.55. The van der Waals surface area contributed by atoms with Crippen LogP contribution >= 0.6 is 11.6 Å². The van der Waals surface area contributed by atoms with E-state index in [9.17, 15) is 4.39 Å². The average Bonchev–Trinajstić information content (AvgIpc) is 2.62. The Morgan fingerprint density at radius 2 is 2.24 bits per heavy atom. The lowest BCUT2D eigenvalue weighted by atomic mass is 10.0. The molecule has 0 amide bonds. The Morgan fingerprint density at radius 1 is 1.47 bits per heavy atom. The minimum atomic E-state index is -0.439. The van der Waals surface area contributed by atoms with Crippen molar-refractivity contribution in [3.8, 4) is 11.3 Å². The maximum atomic E-state index is 13.8. The highest BCUT2D eigenvalue weighted by atomic mass is 35.5. The summed E-state index contributed by atoms with van der Waals surface area (Å²) in [6.07, 6.45) is 1.54. The molecule has 1 aromatic carbocycles. The van der Waals surface area contributed by atoms with Gasteiger partial charge in [0, 0.05) is 5.56 Å². The number of anilines is 1. The van der Waals surface area contributed by atoms with Crippen molar-refractivity contribution in [1.82, 2.24) is 5.16 Å². The molecule has 0 aliphatic carbocycles. The summed E-state index contributed by atoms with van der Waals surface area (Å²) in [6.45, 7) is 2.00. The lowest BCUT2D eigenvalue weighted by Gasteiger charge is -2.04. The summed E-state index contributed by atoms with van der Waals surface area (Å²) in [5.74, 6) is 0.180. The number of nitrogens with zero attached hydrogens (tertiary/aromatic N) is 1. The van der Waals surface area contributed by atoms with Gasteiger partial charge in [-0.3, -0.25) is 0 Å². The Labute approximate surface area is 103 Å². The molecule has 0 radical (unpaired) electrons. The Bertz CT molecular complexity index is 519. The largest absolute Gasteiger partial charge is 0.381 e. The van der Waals surface area contributed by atoms with Gasteiger partial charge in [-0.1, -0.05) is 36.2 Å². The van der Waals surface area contributed by atoms with Crippen LogP contribution in [0.1, 0.15) is 18.9 Å². The molecule has 3 nitrogen and oxygen atoms in total. The first-order chi connectivity index (χ1) is 8.15. The first kappa shape index (κ1) is 11.9. The van der Waals surface area contributed by atoms with Crippen LogP contribution in [0.25, 0.3) is 11.3 Å². The number of nitrogen functional groups attached to an aromatic ring is 1. The zero-order chi connectivity index (χ0) is 12.4. The molecule has 5 heteroatoms. The number of halogens is 2. The highest BCUT2D eigenvalue weighted by Gasteiger charge is 2.20. The molecule has 0 saturated carbocycles. The predicted molar refractivity (Wildman–Crippen MR) is 65.3 cm³/mol. The van der Waals surface area contributed by atoms with E-state index < -0.39 is 5.82 Å². The highest BCUT2D eigenvalue weighted by Crippen LogP contribution is 2.35. The number of rotatable bonds is 3. The fraction of sp³-hybridized carbons (Fsp3) is 0.250. The smallest absolute Gasteiger partial charge is 0.176 e. The van der Waals surface area contributed by atoms with Crippen LogP contribution in [-0.2, 0) is 6.42 Å². The van der Waals surface area contributed by atoms with E-state index in [4.69, 9.17) is 21.9 Å². The van der Waals surface area contributed by atoms with E-state index in [1.807, 2.05) is 6.92 Å². The Morgan fingerprint density at radius 3 is 2.88 bits per heavy atom. The molecule has 2 aromatic rings. The second-order valence-corrected chi connectivity index (χ2v) is 4.13. The predicted octanol–water partition coefficient (Wildman–Crippen LogP) is 3.67. The van der Waals surface area contributed by atoms with Crippen molar-refractivity contribution >= 4 is 17.4 Å². The quantitative estimate of drug-likeness (QED) is 0.909. The second kappa shape index (κ2) is 4.75. The van der Waals surface area contributed by atoms with Crippen LogP contribution < -0.4 is 5.73 Å². The normalized spacial score (nSPS) is 10.8. The third-order valence-corrected chi connectivity index (χ3v) is 2.82. The van der Waals surface area contributed by atoms with Crippen LogP contribution in [0.2, 0.25) is 5.02 Å². The first-order valence-electron chi connectivity index (χ1n) is 5.33. The van der Waals surface area contributed by atoms with E-state index in [0.29, 0.717) is 28.6 Å². The van der Waals surface area contributed by atoms with Crippen LogP contribution in [0, 0.1) is 5.82 Å². The van der Waals surface area contributed by atoms with E-state index in [2.05, 4.69) is 5.16 Å². The molecule has 0 saturated heterocycles. The van der Waals surface area contributed by atoms with Crippen molar-refractivity contribution in [2.24, 2.45) is 0 Å². The summed E-state index contributed by atoms with van der Waals surface area (Å²) in [4.78, 5) is 0. The van der Waals surface area contributed by atoms with Gasteiger partial charge in [0.15, 0.2) is 11.6 Å². The minimum Gasteiger partial charge on any atom is -0.381 e. The molecule has 0 bridgehead atoms. The molecule has 1 aromatic heterocycles. The molecule has 0 aliphatic heterocycles. The summed E-state index contributed by atoms with van der Waals surface area (Å²) in [7, 11) is 0. The molecule has 0 atom stereocenters. The molecule has 90 valence electrons. The molecular formula is C12H12ClFN2O. The van der Waals surface area contributed by atoms with Gasteiger partial charge in [0.05, 0.1) is 10.6 Å². The molecule has 0 spiro atoms. The van der Waals surface area contributed by atoms with E-state index in [1.165, 1.54) is 6.07 Å². The lowest BCUT2D eigenvalue weighted by molar-refractivity contribution is 0.432. The van der Waals surface area contributed by atoms with E-state index in [0.717, 1.165) is 6.42 Å². The fourth-order valence-electron chi connectivity index (χ4n) is 1.72. The van der Waals surface area contributed by atoms with Gasteiger partial charge in [-0.25, -0.2) is 4.39 Å².